The van der Waals surface area contributed by atoms with Gasteiger partial charge in [0.1, 0.15) is 0 Å². The van der Waals surface area contributed by atoms with E-state index in [0.717, 1.165) is 76.2 Å². The van der Waals surface area contributed by atoms with Gasteiger partial charge in [0, 0.05) is 32.4 Å². The summed E-state index contributed by atoms with van der Waals surface area (Å²) in [6, 6.07) is 0. The molecule has 3 N–H and O–H groups in total. The first kappa shape index (κ1) is 49.5. The van der Waals surface area contributed by atoms with Gasteiger partial charge in [-0.1, -0.05) is 60.6 Å². The minimum Gasteiger partial charge on any atom is -0.411 e. The SMILES string of the molecule is C/C=C/C(=O)C[C@@H]1CC[C@H](C)[C@@H](CC(=O)NC[C@@H](O[Si](C)(C)C(C)(C)C)[C@@H](C)C(=O)NCCC[C@H]2O[C@@]3(CCC[C@@H](CC[C@H](C)/C=C(\C)[C@H](C)O)O3)CC[C@@H]2C)O1. The van der Waals surface area contributed by atoms with Crippen molar-refractivity contribution in [2.45, 2.75) is 213 Å². The van der Waals surface area contributed by atoms with Gasteiger partial charge in [-0.25, -0.2) is 0 Å². The number of hydrogen-bond donors (Lipinski definition) is 3. The van der Waals surface area contributed by atoms with Crippen molar-refractivity contribution in [1.82, 2.24) is 10.6 Å². The third-order valence-electron chi connectivity index (χ3n) is 13.4. The van der Waals surface area contributed by atoms with Crippen molar-refractivity contribution < 1.29 is 38.1 Å². The quantitative estimate of drug-likeness (QED) is 0.0481. The summed E-state index contributed by atoms with van der Waals surface area (Å²) in [6.07, 6.45) is 15.4. The molecule has 3 saturated heterocycles. The van der Waals surface area contributed by atoms with Gasteiger partial charge in [0.25, 0.3) is 0 Å². The Labute approximate surface area is 347 Å². The molecule has 0 aromatic carbocycles. The van der Waals surface area contributed by atoms with Crippen molar-refractivity contribution in [3.8, 4) is 0 Å². The van der Waals surface area contributed by atoms with Gasteiger partial charge in [-0.3, -0.25) is 14.4 Å². The predicted octanol–water partition coefficient (Wildman–Crippen LogP) is 8.96. The molecule has 0 saturated carbocycles. The normalized spacial score (nSPS) is 29.8. The van der Waals surface area contributed by atoms with Crippen molar-refractivity contribution in [3.63, 3.8) is 0 Å². The van der Waals surface area contributed by atoms with Crippen molar-refractivity contribution >= 4 is 25.9 Å². The Hall–Kier alpha value is -1.89. The molecule has 3 fully saturated rings. The maximum absolute atomic E-state index is 13.7. The van der Waals surface area contributed by atoms with E-state index in [-0.39, 0.29) is 65.9 Å². The van der Waals surface area contributed by atoms with E-state index in [9.17, 15) is 19.5 Å². The first-order chi connectivity index (χ1) is 26.6. The fraction of sp³-hybridized carbons (Fsp3) is 0.848. The maximum atomic E-state index is 13.7. The average Bonchev–Trinajstić information content (AvgIpc) is 3.13. The lowest BCUT2D eigenvalue weighted by atomic mass is 9.85. The first-order valence-corrected chi connectivity index (χ1v) is 25.3. The average molecular weight is 819 g/mol. The minimum atomic E-state index is -2.28. The number of allylic oxidation sites excluding steroid dienone is 3. The number of nitrogens with one attached hydrogen (secondary N) is 2. The number of aliphatic hydroxyl groups is 1. The molecule has 328 valence electrons. The lowest BCUT2D eigenvalue weighted by Gasteiger charge is -2.48. The molecule has 0 bridgehead atoms. The van der Waals surface area contributed by atoms with Crippen molar-refractivity contribution in [2.24, 2.45) is 23.7 Å². The summed E-state index contributed by atoms with van der Waals surface area (Å²) in [5.74, 6) is -0.138. The van der Waals surface area contributed by atoms with Crippen LogP contribution in [0.15, 0.2) is 23.8 Å². The number of aliphatic hydroxyl groups excluding tert-OH is 1. The molecule has 3 rings (SSSR count). The van der Waals surface area contributed by atoms with Gasteiger partial charge in [0.2, 0.25) is 11.8 Å². The summed E-state index contributed by atoms with van der Waals surface area (Å²) < 4.78 is 26.6. The smallest absolute Gasteiger partial charge is 0.225 e. The number of carbonyl (C=O) groups is 3. The van der Waals surface area contributed by atoms with Gasteiger partial charge in [-0.15, -0.1) is 0 Å². The van der Waals surface area contributed by atoms with Gasteiger partial charge in [0.15, 0.2) is 19.9 Å². The molecule has 11 heteroatoms. The van der Waals surface area contributed by atoms with Crippen LogP contribution in [0.1, 0.15) is 153 Å². The molecule has 0 unspecified atom stereocenters. The van der Waals surface area contributed by atoms with Crippen molar-refractivity contribution in [3.05, 3.63) is 23.8 Å². The van der Waals surface area contributed by atoms with Crippen LogP contribution in [0.25, 0.3) is 0 Å². The molecule has 0 aromatic rings. The van der Waals surface area contributed by atoms with E-state index in [0.29, 0.717) is 24.8 Å². The number of ketones is 1. The number of hydrogen-bond acceptors (Lipinski definition) is 8. The number of carbonyl (C=O) groups excluding carboxylic acids is 3. The largest absolute Gasteiger partial charge is 0.411 e. The second-order valence-electron chi connectivity index (χ2n) is 19.5. The third-order valence-corrected chi connectivity index (χ3v) is 17.9. The van der Waals surface area contributed by atoms with E-state index in [1.54, 1.807) is 12.2 Å². The van der Waals surface area contributed by atoms with E-state index in [2.05, 4.69) is 71.3 Å². The highest BCUT2D eigenvalue weighted by Gasteiger charge is 2.45. The van der Waals surface area contributed by atoms with Crippen LogP contribution in [0.4, 0.5) is 0 Å². The Bertz CT molecular complexity index is 1340. The lowest BCUT2D eigenvalue weighted by molar-refractivity contribution is -0.324. The lowest BCUT2D eigenvalue weighted by Crippen LogP contribution is -2.52. The molecular formula is C46H82N2O8Si. The summed E-state index contributed by atoms with van der Waals surface area (Å²) in [5.41, 5.74) is 1.02. The number of ether oxygens (including phenoxy) is 3. The van der Waals surface area contributed by atoms with Gasteiger partial charge in [-0.05, 0) is 126 Å². The molecule has 0 radical (unpaired) electrons. The van der Waals surface area contributed by atoms with Crippen LogP contribution in [0, 0.1) is 23.7 Å². The standard InChI is InChI=1S/C46H82N2O8Si/c1-13-16-37(50)28-39-22-20-32(3)41(53-39)29-43(51)48-30-42(56-57(11,12)45(8,9)10)35(6)44(52)47-26-15-18-40-33(4)23-25-46(55-40)24-14-17-38(54-46)21-19-31(2)27-34(5)36(7)49/h13,16,27,31-33,35-36,38-42,49H,14-15,17-26,28-30H2,1-12H3,(H,47,52)(H,48,51)/b16-13+,34-27+/t31-,32-,33-,35+,36-,38-,39-,40+,41+,42+,46-/m0/s1. The zero-order valence-corrected chi connectivity index (χ0v) is 38.9. The van der Waals surface area contributed by atoms with Crippen molar-refractivity contribution in [1.29, 1.82) is 0 Å². The van der Waals surface area contributed by atoms with Gasteiger partial charge in [0.05, 0.1) is 49.0 Å². The van der Waals surface area contributed by atoms with Crippen LogP contribution in [0.2, 0.25) is 18.1 Å². The topological polar surface area (TPSA) is 132 Å². The van der Waals surface area contributed by atoms with E-state index in [1.807, 2.05) is 27.7 Å². The molecule has 3 aliphatic heterocycles. The van der Waals surface area contributed by atoms with E-state index in [4.69, 9.17) is 18.6 Å². The summed E-state index contributed by atoms with van der Waals surface area (Å²) in [5, 5.41) is 16.1. The van der Waals surface area contributed by atoms with Crippen LogP contribution in [-0.4, -0.2) is 86.5 Å². The van der Waals surface area contributed by atoms with E-state index in [1.165, 1.54) is 0 Å². The Balaban J connectivity index is 1.53. The summed E-state index contributed by atoms with van der Waals surface area (Å²) in [7, 11) is -2.28. The molecule has 1 spiro atoms. The Morgan fingerprint density at radius 2 is 1.63 bits per heavy atom. The first-order valence-electron chi connectivity index (χ1n) is 22.4. The van der Waals surface area contributed by atoms with Gasteiger partial charge in [-0.2, -0.15) is 0 Å². The third kappa shape index (κ3) is 15.9. The van der Waals surface area contributed by atoms with Crippen molar-refractivity contribution in [2.75, 3.05) is 13.1 Å². The molecule has 11 atom stereocenters. The second kappa shape index (κ2) is 22.6. The maximum Gasteiger partial charge on any atom is 0.225 e. The fourth-order valence-electron chi connectivity index (χ4n) is 8.19. The Kier molecular flexibility index (Phi) is 19.6. The molecular weight excluding hydrogens is 737 g/mol. The Morgan fingerprint density at radius 1 is 0.930 bits per heavy atom. The molecule has 2 amide bonds. The highest BCUT2D eigenvalue weighted by molar-refractivity contribution is 6.74. The monoisotopic (exact) mass is 819 g/mol. The minimum absolute atomic E-state index is 0.0432. The van der Waals surface area contributed by atoms with Crippen LogP contribution in [-0.2, 0) is 33.0 Å². The van der Waals surface area contributed by atoms with E-state index >= 15 is 0 Å². The summed E-state index contributed by atoms with van der Waals surface area (Å²) >= 11 is 0. The predicted molar refractivity (Wildman–Crippen MR) is 231 cm³/mol. The molecule has 3 aliphatic rings. The highest BCUT2D eigenvalue weighted by atomic mass is 28.4. The van der Waals surface area contributed by atoms with Crippen LogP contribution >= 0.6 is 0 Å². The van der Waals surface area contributed by atoms with E-state index < -0.39 is 32.2 Å². The Morgan fingerprint density at radius 3 is 2.30 bits per heavy atom. The molecule has 0 aromatic heterocycles. The number of rotatable bonds is 20. The fourth-order valence-corrected chi connectivity index (χ4v) is 9.59. The van der Waals surface area contributed by atoms with Crippen LogP contribution in [0.5, 0.6) is 0 Å². The van der Waals surface area contributed by atoms with Crippen LogP contribution < -0.4 is 10.6 Å². The zero-order chi connectivity index (χ0) is 42.6. The second-order valence-corrected chi connectivity index (χ2v) is 24.3. The number of amides is 2. The molecule has 3 heterocycles. The zero-order valence-electron chi connectivity index (χ0n) is 37.9. The molecule has 57 heavy (non-hydrogen) atoms. The molecule has 0 aliphatic carbocycles. The summed E-state index contributed by atoms with van der Waals surface area (Å²) in [6.45, 7) is 25.8. The van der Waals surface area contributed by atoms with Crippen LogP contribution in [0.3, 0.4) is 0 Å². The van der Waals surface area contributed by atoms with Gasteiger partial charge >= 0.3 is 0 Å². The summed E-state index contributed by atoms with van der Waals surface area (Å²) in [4.78, 5) is 39.2. The highest BCUT2D eigenvalue weighted by Crippen LogP contribution is 2.43. The van der Waals surface area contributed by atoms with Gasteiger partial charge < -0.3 is 34.4 Å². The molecule has 10 nitrogen and oxygen atoms in total.